The van der Waals surface area contributed by atoms with Crippen LogP contribution in [0.25, 0.3) is 0 Å². The molecular weight excluding hydrogens is 264 g/mol. The van der Waals surface area contributed by atoms with Crippen LogP contribution in [0, 0.1) is 11.3 Å². The largest absolute Gasteiger partial charge is 0.390 e. The third kappa shape index (κ3) is 4.08. The molecule has 0 aromatic carbocycles. The van der Waals surface area contributed by atoms with Gasteiger partial charge in [0.2, 0.25) is 0 Å². The zero-order valence-corrected chi connectivity index (χ0v) is 14.4. The molecule has 2 atom stereocenters. The molecule has 1 saturated carbocycles. The summed E-state index contributed by atoms with van der Waals surface area (Å²) in [6.45, 7) is 9.22. The van der Waals surface area contributed by atoms with Crippen LogP contribution in [-0.4, -0.2) is 10.7 Å². The summed E-state index contributed by atoms with van der Waals surface area (Å²) in [6, 6.07) is 4.44. The Kier molecular flexibility index (Phi) is 4.96. The molecule has 20 heavy (non-hydrogen) atoms. The zero-order chi connectivity index (χ0) is 14.8. The first-order chi connectivity index (χ1) is 9.32. The van der Waals surface area contributed by atoms with Gasteiger partial charge in [0.05, 0.1) is 5.60 Å². The minimum absolute atomic E-state index is 0.379. The molecule has 1 heterocycles. The summed E-state index contributed by atoms with van der Waals surface area (Å²) in [5.41, 5.74) is -0.0839. The molecule has 1 aromatic heterocycles. The lowest BCUT2D eigenvalue weighted by atomic mass is 9.76. The molecule has 0 bridgehead atoms. The zero-order valence-electron chi connectivity index (χ0n) is 13.5. The van der Waals surface area contributed by atoms with E-state index in [-0.39, 0.29) is 0 Å². The first-order valence-corrected chi connectivity index (χ1v) is 8.94. The molecule has 1 N–H and O–H groups in total. The molecule has 2 unspecified atom stereocenters. The van der Waals surface area contributed by atoms with E-state index >= 15 is 0 Å². The number of rotatable bonds is 3. The Balaban J connectivity index is 2.00. The van der Waals surface area contributed by atoms with Gasteiger partial charge in [-0.15, -0.1) is 11.3 Å². The van der Waals surface area contributed by atoms with E-state index in [0.29, 0.717) is 5.41 Å². The van der Waals surface area contributed by atoms with Crippen molar-refractivity contribution in [1.29, 1.82) is 0 Å². The summed E-state index contributed by atoms with van der Waals surface area (Å²) < 4.78 is 0. The molecule has 1 aliphatic rings. The Labute approximate surface area is 128 Å². The van der Waals surface area contributed by atoms with Crippen molar-refractivity contribution >= 4 is 11.3 Å². The van der Waals surface area contributed by atoms with E-state index in [1.165, 1.54) is 29.0 Å². The van der Waals surface area contributed by atoms with Crippen LogP contribution < -0.4 is 0 Å². The van der Waals surface area contributed by atoms with Crippen LogP contribution in [0.5, 0.6) is 0 Å². The van der Waals surface area contributed by atoms with Gasteiger partial charge in [0.15, 0.2) is 0 Å². The van der Waals surface area contributed by atoms with Crippen molar-refractivity contribution in [2.75, 3.05) is 0 Å². The molecule has 2 rings (SSSR count). The predicted molar refractivity (Wildman–Crippen MR) is 88.4 cm³/mol. The summed E-state index contributed by atoms with van der Waals surface area (Å²) in [7, 11) is 0. The van der Waals surface area contributed by atoms with Crippen LogP contribution >= 0.6 is 11.3 Å². The number of thiophene rings is 1. The molecule has 1 fully saturated rings. The quantitative estimate of drug-likeness (QED) is 0.759. The Morgan fingerprint density at radius 2 is 1.90 bits per heavy atom. The van der Waals surface area contributed by atoms with Crippen LogP contribution in [0.4, 0.5) is 0 Å². The fraction of sp³-hybridized carbons (Fsp3) is 0.778. The van der Waals surface area contributed by atoms with Crippen molar-refractivity contribution in [3.63, 3.8) is 0 Å². The van der Waals surface area contributed by atoms with Gasteiger partial charge in [0, 0.05) is 16.2 Å². The van der Waals surface area contributed by atoms with Gasteiger partial charge in [-0.25, -0.2) is 0 Å². The number of aryl methyl sites for hydroxylation is 1. The number of aliphatic hydroxyl groups is 1. The fourth-order valence-corrected chi connectivity index (χ4v) is 4.56. The van der Waals surface area contributed by atoms with E-state index in [9.17, 15) is 5.11 Å². The van der Waals surface area contributed by atoms with Crippen molar-refractivity contribution in [2.24, 2.45) is 11.3 Å². The van der Waals surface area contributed by atoms with Gasteiger partial charge >= 0.3 is 0 Å². The van der Waals surface area contributed by atoms with Crippen molar-refractivity contribution in [3.8, 4) is 0 Å². The van der Waals surface area contributed by atoms with Gasteiger partial charge in [-0.3, -0.25) is 0 Å². The highest BCUT2D eigenvalue weighted by Crippen LogP contribution is 2.41. The van der Waals surface area contributed by atoms with Gasteiger partial charge in [0.25, 0.3) is 0 Å². The van der Waals surface area contributed by atoms with Crippen molar-refractivity contribution in [2.45, 2.75) is 78.2 Å². The average molecular weight is 295 g/mol. The van der Waals surface area contributed by atoms with Gasteiger partial charge in [-0.1, -0.05) is 34.1 Å². The predicted octanol–water partition coefficient (Wildman–Crippen LogP) is 5.21. The van der Waals surface area contributed by atoms with Gasteiger partial charge in [0.1, 0.15) is 0 Å². The Bertz CT molecular complexity index is 429. The number of hydrogen-bond acceptors (Lipinski definition) is 2. The molecule has 2 heteroatoms. The second kappa shape index (κ2) is 6.19. The molecule has 1 aliphatic carbocycles. The molecule has 0 amide bonds. The minimum Gasteiger partial charge on any atom is -0.390 e. The molecule has 0 spiro atoms. The maximum Gasteiger partial charge on any atom is 0.0696 e. The highest BCUT2D eigenvalue weighted by Gasteiger charge is 2.35. The van der Waals surface area contributed by atoms with Crippen LogP contribution in [0.2, 0.25) is 0 Å². The first-order valence-electron chi connectivity index (χ1n) is 8.12. The lowest BCUT2D eigenvalue weighted by Crippen LogP contribution is -2.30. The van der Waals surface area contributed by atoms with E-state index in [1.807, 2.05) is 11.3 Å². The van der Waals surface area contributed by atoms with E-state index in [1.54, 1.807) is 0 Å². The fourth-order valence-electron chi connectivity index (χ4n) is 3.46. The molecule has 0 radical (unpaired) electrons. The maximum absolute atomic E-state index is 11.0. The standard InChI is InChI=1S/C18H30OS/c1-5-15-8-9-16(20-15)13-18(19)11-6-7-14(10-12-18)17(2,3)4/h8-9,14,19H,5-7,10-13H2,1-4H3. The third-order valence-corrected chi connectivity index (χ3v) is 6.18. The van der Waals surface area contributed by atoms with Crippen LogP contribution in [0.1, 0.15) is 69.6 Å². The van der Waals surface area contributed by atoms with Crippen LogP contribution in [0.3, 0.4) is 0 Å². The Morgan fingerprint density at radius 1 is 1.20 bits per heavy atom. The second-order valence-corrected chi connectivity index (χ2v) is 8.87. The highest BCUT2D eigenvalue weighted by molar-refractivity contribution is 7.12. The molecular formula is C18H30OS. The van der Waals surface area contributed by atoms with E-state index in [0.717, 1.165) is 31.6 Å². The summed E-state index contributed by atoms with van der Waals surface area (Å²) in [4.78, 5) is 2.79. The highest BCUT2D eigenvalue weighted by atomic mass is 32.1. The Hall–Kier alpha value is -0.340. The average Bonchev–Trinajstić information content (AvgIpc) is 2.69. The van der Waals surface area contributed by atoms with Gasteiger partial charge in [-0.05, 0) is 55.6 Å². The SMILES string of the molecule is CCc1ccc(CC2(O)CCCC(C(C)(C)C)CC2)s1. The van der Waals surface area contributed by atoms with E-state index in [4.69, 9.17) is 0 Å². The molecule has 1 nitrogen and oxygen atoms in total. The summed E-state index contributed by atoms with van der Waals surface area (Å²) in [5.74, 6) is 0.756. The summed E-state index contributed by atoms with van der Waals surface area (Å²) in [6.07, 6.45) is 7.52. The smallest absolute Gasteiger partial charge is 0.0696 e. The van der Waals surface area contributed by atoms with Crippen molar-refractivity contribution in [1.82, 2.24) is 0 Å². The molecule has 1 aromatic rings. The monoisotopic (exact) mass is 294 g/mol. The Morgan fingerprint density at radius 3 is 2.50 bits per heavy atom. The lowest BCUT2D eigenvalue weighted by Gasteiger charge is -2.31. The van der Waals surface area contributed by atoms with E-state index < -0.39 is 5.60 Å². The van der Waals surface area contributed by atoms with Gasteiger partial charge in [-0.2, -0.15) is 0 Å². The molecule has 114 valence electrons. The molecule has 0 saturated heterocycles. The minimum atomic E-state index is -0.462. The van der Waals surface area contributed by atoms with Crippen LogP contribution in [-0.2, 0) is 12.8 Å². The summed E-state index contributed by atoms with van der Waals surface area (Å²) in [5, 5.41) is 11.0. The van der Waals surface area contributed by atoms with E-state index in [2.05, 4.69) is 39.8 Å². The first kappa shape index (κ1) is 16.0. The van der Waals surface area contributed by atoms with Crippen LogP contribution in [0.15, 0.2) is 12.1 Å². The number of hydrogen-bond donors (Lipinski definition) is 1. The maximum atomic E-state index is 11.0. The van der Waals surface area contributed by atoms with Gasteiger partial charge < -0.3 is 5.11 Å². The van der Waals surface area contributed by atoms with Crippen molar-refractivity contribution in [3.05, 3.63) is 21.9 Å². The normalized spacial score (nSPS) is 28.4. The van der Waals surface area contributed by atoms with Crippen molar-refractivity contribution < 1.29 is 5.11 Å². The molecule has 0 aliphatic heterocycles. The second-order valence-electron chi connectivity index (χ2n) is 7.62. The summed E-state index contributed by atoms with van der Waals surface area (Å²) >= 11 is 1.88. The lowest BCUT2D eigenvalue weighted by molar-refractivity contribution is 0.0233. The topological polar surface area (TPSA) is 20.2 Å². The third-order valence-electron chi connectivity index (χ3n) is 4.95.